The number of methoxy groups -OCH3 is 1. The van der Waals surface area contributed by atoms with Crippen molar-refractivity contribution in [3.63, 3.8) is 0 Å². The Morgan fingerprint density at radius 1 is 0.743 bits per heavy atom. The van der Waals surface area contributed by atoms with E-state index in [1.807, 2.05) is 12.1 Å². The molecule has 0 aliphatic carbocycles. The van der Waals surface area contributed by atoms with Gasteiger partial charge in [-0.3, -0.25) is 9.59 Å². The lowest BCUT2D eigenvalue weighted by atomic mass is 10.0. The maximum atomic E-state index is 12.2. The van der Waals surface area contributed by atoms with Gasteiger partial charge >= 0.3 is 0 Å². The van der Waals surface area contributed by atoms with Gasteiger partial charge in [-0.2, -0.15) is 0 Å². The lowest BCUT2D eigenvalue weighted by Gasteiger charge is -2.10. The molecule has 0 aliphatic heterocycles. The summed E-state index contributed by atoms with van der Waals surface area (Å²) in [6, 6.07) is 7.22. The Balaban J connectivity index is 1.99. The minimum Gasteiger partial charge on any atom is -0.385 e. The molecule has 0 aromatic heterocycles. The van der Waals surface area contributed by atoms with E-state index in [4.69, 9.17) is 4.74 Å². The number of anilines is 1. The molecule has 2 amide bonds. The average molecular weight is 490 g/mol. The first-order chi connectivity index (χ1) is 17.2. The van der Waals surface area contributed by atoms with Crippen LogP contribution in [0.3, 0.4) is 0 Å². The summed E-state index contributed by atoms with van der Waals surface area (Å²) in [4.78, 5) is 24.3. The van der Waals surface area contributed by atoms with Gasteiger partial charge in [0.15, 0.2) is 0 Å². The van der Waals surface area contributed by atoms with E-state index in [0.717, 1.165) is 25.1 Å². The molecule has 0 saturated carbocycles. The third-order valence-corrected chi connectivity index (χ3v) is 6.24. The molecule has 0 radical (unpaired) electrons. The number of ether oxygens (including phenoxy) is 1. The Labute approximate surface area is 214 Å². The van der Waals surface area contributed by atoms with Gasteiger partial charge in [0.2, 0.25) is 5.91 Å². The molecule has 6 nitrogen and oxygen atoms in total. The molecule has 1 aromatic carbocycles. The summed E-state index contributed by atoms with van der Waals surface area (Å²) < 4.78 is 4.99. The SMILES string of the molecule is CCCCCCCCCCCCCCCCNC(=O)CNc1cccc(C(=O)NCCCOC)c1. The summed E-state index contributed by atoms with van der Waals surface area (Å²) in [7, 11) is 1.65. The molecule has 3 N–H and O–H groups in total. The van der Waals surface area contributed by atoms with Crippen molar-refractivity contribution in [2.75, 3.05) is 38.7 Å². The first-order valence-corrected chi connectivity index (χ1v) is 14.0. The van der Waals surface area contributed by atoms with Crippen LogP contribution in [0.4, 0.5) is 5.69 Å². The third kappa shape index (κ3) is 17.9. The Bertz CT molecular complexity index is 666. The second kappa shape index (κ2) is 22.4. The summed E-state index contributed by atoms with van der Waals surface area (Å²) in [5.74, 6) is -0.138. The number of unbranched alkanes of at least 4 members (excludes halogenated alkanes) is 13. The molecule has 0 saturated heterocycles. The number of hydrogen-bond donors (Lipinski definition) is 3. The first kappa shape index (κ1) is 31.0. The molecular formula is C29H51N3O3. The second-order valence-corrected chi connectivity index (χ2v) is 9.48. The van der Waals surface area contributed by atoms with Crippen molar-refractivity contribution < 1.29 is 14.3 Å². The van der Waals surface area contributed by atoms with Gasteiger partial charge in [0.25, 0.3) is 5.91 Å². The minimum atomic E-state index is -0.119. The highest BCUT2D eigenvalue weighted by Crippen LogP contribution is 2.13. The van der Waals surface area contributed by atoms with Crippen molar-refractivity contribution in [1.29, 1.82) is 0 Å². The lowest BCUT2D eigenvalue weighted by Crippen LogP contribution is -2.30. The van der Waals surface area contributed by atoms with Crippen molar-refractivity contribution in [1.82, 2.24) is 10.6 Å². The highest BCUT2D eigenvalue weighted by molar-refractivity contribution is 5.95. The molecule has 1 aromatic rings. The van der Waals surface area contributed by atoms with E-state index < -0.39 is 0 Å². The van der Waals surface area contributed by atoms with Gasteiger partial charge in [-0.05, 0) is 31.0 Å². The number of benzene rings is 1. The molecule has 0 fully saturated rings. The number of nitrogens with one attached hydrogen (secondary N) is 3. The van der Waals surface area contributed by atoms with Gasteiger partial charge in [-0.15, -0.1) is 0 Å². The molecule has 0 bridgehead atoms. The maximum absolute atomic E-state index is 12.2. The fraction of sp³-hybridized carbons (Fsp3) is 0.724. The summed E-state index contributed by atoms with van der Waals surface area (Å²) >= 11 is 0. The van der Waals surface area contributed by atoms with E-state index in [0.29, 0.717) is 18.7 Å². The Hall–Kier alpha value is -2.08. The van der Waals surface area contributed by atoms with Crippen LogP contribution in [0, 0.1) is 0 Å². The normalized spacial score (nSPS) is 10.8. The van der Waals surface area contributed by atoms with E-state index in [1.54, 1.807) is 19.2 Å². The van der Waals surface area contributed by atoms with Crippen LogP contribution in [0.2, 0.25) is 0 Å². The number of amides is 2. The second-order valence-electron chi connectivity index (χ2n) is 9.48. The van der Waals surface area contributed by atoms with Gasteiger partial charge in [0.05, 0.1) is 6.54 Å². The fourth-order valence-corrected chi connectivity index (χ4v) is 4.08. The quantitative estimate of drug-likeness (QED) is 0.154. The van der Waals surface area contributed by atoms with Gasteiger partial charge in [0, 0.05) is 38.1 Å². The molecule has 0 aliphatic rings. The topological polar surface area (TPSA) is 79.5 Å². The zero-order valence-corrected chi connectivity index (χ0v) is 22.5. The molecule has 35 heavy (non-hydrogen) atoms. The van der Waals surface area contributed by atoms with Crippen LogP contribution in [0.15, 0.2) is 24.3 Å². The van der Waals surface area contributed by atoms with Crippen molar-refractivity contribution >= 4 is 17.5 Å². The highest BCUT2D eigenvalue weighted by Gasteiger charge is 2.06. The molecule has 200 valence electrons. The molecular weight excluding hydrogens is 438 g/mol. The Kier molecular flexibility index (Phi) is 19.8. The highest BCUT2D eigenvalue weighted by atomic mass is 16.5. The fourth-order valence-electron chi connectivity index (χ4n) is 4.08. The smallest absolute Gasteiger partial charge is 0.251 e. The number of hydrogen-bond acceptors (Lipinski definition) is 4. The minimum absolute atomic E-state index is 0.0193. The van der Waals surface area contributed by atoms with Crippen LogP contribution < -0.4 is 16.0 Å². The monoisotopic (exact) mass is 489 g/mol. The number of carbonyl (C=O) groups excluding carboxylic acids is 2. The van der Waals surface area contributed by atoms with E-state index in [9.17, 15) is 9.59 Å². The lowest BCUT2D eigenvalue weighted by molar-refractivity contribution is -0.119. The van der Waals surface area contributed by atoms with Crippen molar-refractivity contribution in [2.24, 2.45) is 0 Å². The van der Waals surface area contributed by atoms with Crippen molar-refractivity contribution in [3.05, 3.63) is 29.8 Å². The molecule has 0 heterocycles. The average Bonchev–Trinajstić information content (AvgIpc) is 2.87. The molecule has 0 unspecified atom stereocenters. The van der Waals surface area contributed by atoms with Gasteiger partial charge < -0.3 is 20.7 Å². The van der Waals surface area contributed by atoms with Gasteiger partial charge in [-0.25, -0.2) is 0 Å². The van der Waals surface area contributed by atoms with Crippen LogP contribution in [-0.2, 0) is 9.53 Å². The summed E-state index contributed by atoms with van der Waals surface area (Å²) in [5.41, 5.74) is 1.34. The molecule has 6 heteroatoms. The van der Waals surface area contributed by atoms with Crippen molar-refractivity contribution in [3.8, 4) is 0 Å². The van der Waals surface area contributed by atoms with E-state index in [2.05, 4.69) is 22.9 Å². The van der Waals surface area contributed by atoms with Crippen LogP contribution in [0.1, 0.15) is 114 Å². The van der Waals surface area contributed by atoms with E-state index in [-0.39, 0.29) is 18.4 Å². The van der Waals surface area contributed by atoms with Crippen LogP contribution >= 0.6 is 0 Å². The van der Waals surface area contributed by atoms with Crippen LogP contribution in [-0.4, -0.2) is 45.2 Å². The molecule has 0 atom stereocenters. The standard InChI is InChI=1S/C29H51N3O3/c1-3-4-5-6-7-8-9-10-11-12-13-14-15-16-21-30-28(33)25-32-27-20-17-19-26(24-27)29(34)31-22-18-23-35-2/h17,19-20,24,32H,3-16,18,21-23,25H2,1-2H3,(H,30,33)(H,31,34). The zero-order chi connectivity index (χ0) is 25.4. The number of rotatable bonds is 23. The summed E-state index contributed by atoms with van der Waals surface area (Å²) in [6.07, 6.45) is 19.4. The summed E-state index contributed by atoms with van der Waals surface area (Å²) in [5, 5.41) is 8.96. The van der Waals surface area contributed by atoms with Crippen LogP contribution in [0.25, 0.3) is 0 Å². The Morgan fingerprint density at radius 3 is 1.91 bits per heavy atom. The predicted molar refractivity (Wildman–Crippen MR) is 147 cm³/mol. The Morgan fingerprint density at radius 2 is 1.31 bits per heavy atom. The molecule has 1 rings (SSSR count). The van der Waals surface area contributed by atoms with Crippen molar-refractivity contribution in [2.45, 2.75) is 103 Å². The van der Waals surface area contributed by atoms with E-state index in [1.165, 1.54) is 83.5 Å². The first-order valence-electron chi connectivity index (χ1n) is 14.0. The zero-order valence-electron chi connectivity index (χ0n) is 22.5. The number of carbonyl (C=O) groups is 2. The molecule has 0 spiro atoms. The van der Waals surface area contributed by atoms with Gasteiger partial charge in [-0.1, -0.05) is 96.5 Å². The third-order valence-electron chi connectivity index (χ3n) is 6.24. The van der Waals surface area contributed by atoms with Crippen LogP contribution in [0.5, 0.6) is 0 Å². The van der Waals surface area contributed by atoms with E-state index >= 15 is 0 Å². The summed E-state index contributed by atoms with van der Waals surface area (Å²) in [6.45, 7) is 4.40. The maximum Gasteiger partial charge on any atom is 0.251 e. The van der Waals surface area contributed by atoms with Gasteiger partial charge in [0.1, 0.15) is 0 Å². The predicted octanol–water partition coefficient (Wildman–Crippen LogP) is 6.46. The largest absolute Gasteiger partial charge is 0.385 e.